The van der Waals surface area contributed by atoms with Gasteiger partial charge in [-0.05, 0) is 50.9 Å². The highest BCUT2D eigenvalue weighted by molar-refractivity contribution is 14.1. The van der Waals surface area contributed by atoms with Crippen molar-refractivity contribution in [2.24, 2.45) is 0 Å². The molecule has 3 aromatic rings. The maximum absolute atomic E-state index is 12.2. The molecular weight excluding hydrogens is 443 g/mol. The number of nitrogens with one attached hydrogen (secondary N) is 2. The van der Waals surface area contributed by atoms with E-state index in [9.17, 15) is 9.59 Å². The van der Waals surface area contributed by atoms with Gasteiger partial charge in [-0.25, -0.2) is 4.79 Å². The van der Waals surface area contributed by atoms with Crippen LogP contribution < -0.4 is 10.9 Å². The lowest BCUT2D eigenvalue weighted by molar-refractivity contribution is 0.158. The largest absolute Gasteiger partial charge is 0.448 e. The van der Waals surface area contributed by atoms with E-state index in [1.165, 1.54) is 11.1 Å². The highest BCUT2D eigenvalue weighted by atomic mass is 127. The van der Waals surface area contributed by atoms with Crippen LogP contribution in [0, 0.1) is 3.57 Å². The monoisotopic (exact) mass is 458 g/mol. The molecule has 0 aliphatic heterocycles. The van der Waals surface area contributed by atoms with Gasteiger partial charge in [0.05, 0.1) is 0 Å². The molecule has 6 heteroatoms. The van der Waals surface area contributed by atoms with Crippen molar-refractivity contribution >= 4 is 34.4 Å². The number of hydrogen-bond donors (Lipinski definition) is 2. The third kappa shape index (κ3) is 3.12. The van der Waals surface area contributed by atoms with E-state index in [1.807, 2.05) is 24.3 Å². The van der Waals surface area contributed by atoms with Crippen LogP contribution in [0.5, 0.6) is 0 Å². The molecule has 0 unspecified atom stereocenters. The molecule has 26 heavy (non-hydrogen) atoms. The van der Waals surface area contributed by atoms with E-state index in [4.69, 9.17) is 4.74 Å². The minimum absolute atomic E-state index is 0.0117. The molecule has 0 spiro atoms. The Morgan fingerprint density at radius 1 is 1.08 bits per heavy atom. The van der Waals surface area contributed by atoms with Crippen LogP contribution in [0.2, 0.25) is 0 Å². The molecule has 1 aromatic heterocycles. The minimum atomic E-state index is -0.639. The lowest BCUT2D eigenvalue weighted by atomic mass is 9.98. The number of halogens is 1. The second-order valence-corrected chi connectivity index (χ2v) is 7.26. The van der Waals surface area contributed by atoms with Crippen LogP contribution in [0.25, 0.3) is 11.1 Å². The zero-order chi connectivity index (χ0) is 18.1. The standard InChI is InChI=1S/C20H15IN2O3/c21-12-9-18(19(24)22-10-12)23-20(25)26-11-17-15-7-3-1-5-13(15)14-6-2-4-8-16(14)17/h1-10,17H,11H2,(H,22,24)(H,23,25). The van der Waals surface area contributed by atoms with Crippen LogP contribution in [-0.2, 0) is 4.74 Å². The summed E-state index contributed by atoms with van der Waals surface area (Å²) in [6.45, 7) is 0.210. The molecule has 0 radical (unpaired) electrons. The number of benzene rings is 2. The van der Waals surface area contributed by atoms with Crippen molar-refractivity contribution in [3.05, 3.63) is 85.8 Å². The van der Waals surface area contributed by atoms with Crippen LogP contribution >= 0.6 is 22.6 Å². The third-order valence-corrected chi connectivity index (χ3v) is 5.07. The number of fused-ring (bicyclic) bond motifs is 3. The van der Waals surface area contributed by atoms with Gasteiger partial charge >= 0.3 is 6.09 Å². The van der Waals surface area contributed by atoms with Gasteiger partial charge in [0.1, 0.15) is 12.3 Å². The number of carbonyl (C=O) groups is 1. The summed E-state index contributed by atoms with van der Waals surface area (Å²) in [6, 6.07) is 17.9. The number of hydrogen-bond acceptors (Lipinski definition) is 3. The van der Waals surface area contributed by atoms with Gasteiger partial charge in [-0.3, -0.25) is 10.1 Å². The fourth-order valence-electron chi connectivity index (χ4n) is 3.29. The molecule has 1 heterocycles. The van der Waals surface area contributed by atoms with Gasteiger partial charge in [0.25, 0.3) is 5.56 Å². The first-order chi connectivity index (χ1) is 12.6. The summed E-state index contributed by atoms with van der Waals surface area (Å²) in [5, 5.41) is 2.51. The number of aromatic amines is 1. The Hall–Kier alpha value is -2.61. The van der Waals surface area contributed by atoms with Crippen molar-refractivity contribution in [2.45, 2.75) is 5.92 Å². The first kappa shape index (κ1) is 16.8. The molecule has 1 aliphatic rings. The molecule has 5 nitrogen and oxygen atoms in total. The molecule has 2 aromatic carbocycles. The van der Waals surface area contributed by atoms with E-state index < -0.39 is 6.09 Å². The molecule has 1 aliphatic carbocycles. The Kier molecular flexibility index (Phi) is 4.50. The normalized spacial score (nSPS) is 12.3. The zero-order valence-corrected chi connectivity index (χ0v) is 15.8. The second kappa shape index (κ2) is 6.95. The highest BCUT2D eigenvalue weighted by Crippen LogP contribution is 2.44. The van der Waals surface area contributed by atoms with Crippen molar-refractivity contribution in [3.63, 3.8) is 0 Å². The third-order valence-electron chi connectivity index (χ3n) is 4.45. The average molecular weight is 458 g/mol. The van der Waals surface area contributed by atoms with Crippen molar-refractivity contribution in [3.8, 4) is 11.1 Å². The van der Waals surface area contributed by atoms with Crippen LogP contribution in [-0.4, -0.2) is 17.7 Å². The topological polar surface area (TPSA) is 71.2 Å². The van der Waals surface area contributed by atoms with E-state index in [-0.39, 0.29) is 23.8 Å². The van der Waals surface area contributed by atoms with Gasteiger partial charge < -0.3 is 9.72 Å². The summed E-state index contributed by atoms with van der Waals surface area (Å²) in [7, 11) is 0. The zero-order valence-electron chi connectivity index (χ0n) is 13.7. The van der Waals surface area contributed by atoms with Gasteiger partial charge in [0, 0.05) is 15.7 Å². The molecular formula is C20H15IN2O3. The quantitative estimate of drug-likeness (QED) is 0.574. The maximum atomic E-state index is 12.2. The van der Waals surface area contributed by atoms with Gasteiger partial charge in [-0.15, -0.1) is 0 Å². The lowest BCUT2D eigenvalue weighted by Gasteiger charge is -2.14. The smallest absolute Gasteiger partial charge is 0.411 e. The fraction of sp³-hybridized carbons (Fsp3) is 0.100. The molecule has 130 valence electrons. The predicted octanol–water partition coefficient (Wildman–Crippen LogP) is 4.34. The predicted molar refractivity (Wildman–Crippen MR) is 108 cm³/mol. The van der Waals surface area contributed by atoms with Crippen molar-refractivity contribution in [2.75, 3.05) is 11.9 Å². The second-order valence-electron chi connectivity index (χ2n) is 6.01. The van der Waals surface area contributed by atoms with Gasteiger partial charge in [-0.1, -0.05) is 48.5 Å². The van der Waals surface area contributed by atoms with Crippen molar-refractivity contribution in [1.82, 2.24) is 4.98 Å². The Bertz CT molecular complexity index is 999. The fourth-order valence-corrected chi connectivity index (χ4v) is 3.76. The number of carbonyl (C=O) groups excluding carboxylic acids is 1. The maximum Gasteiger partial charge on any atom is 0.411 e. The van der Waals surface area contributed by atoms with E-state index >= 15 is 0 Å². The molecule has 0 bridgehead atoms. The number of anilines is 1. The molecule has 0 fully saturated rings. The molecule has 0 atom stereocenters. The van der Waals surface area contributed by atoms with E-state index in [1.54, 1.807) is 12.3 Å². The van der Waals surface area contributed by atoms with Gasteiger partial charge in [-0.2, -0.15) is 0 Å². The first-order valence-corrected chi connectivity index (χ1v) is 9.21. The summed E-state index contributed by atoms with van der Waals surface area (Å²) < 4.78 is 6.25. The number of amides is 1. The van der Waals surface area contributed by atoms with Crippen LogP contribution in [0.1, 0.15) is 17.0 Å². The number of pyridine rings is 1. The summed E-state index contributed by atoms with van der Waals surface area (Å²) in [5.74, 6) is -0.0117. The SMILES string of the molecule is O=C(Nc1cc(I)c[nH]c1=O)OCC1c2ccccc2-c2ccccc21. The minimum Gasteiger partial charge on any atom is -0.448 e. The van der Waals surface area contributed by atoms with Crippen LogP contribution in [0.15, 0.2) is 65.6 Å². The summed E-state index contributed by atoms with van der Waals surface area (Å²) in [6.07, 6.45) is 0.936. The van der Waals surface area contributed by atoms with Crippen molar-refractivity contribution in [1.29, 1.82) is 0 Å². The average Bonchev–Trinajstić information content (AvgIpc) is 2.97. The summed E-state index contributed by atoms with van der Waals surface area (Å²) in [4.78, 5) is 26.5. The first-order valence-electron chi connectivity index (χ1n) is 8.14. The summed E-state index contributed by atoms with van der Waals surface area (Å²) >= 11 is 2.06. The van der Waals surface area contributed by atoms with E-state index in [0.717, 1.165) is 14.7 Å². The van der Waals surface area contributed by atoms with Crippen molar-refractivity contribution < 1.29 is 9.53 Å². The Morgan fingerprint density at radius 3 is 2.35 bits per heavy atom. The van der Waals surface area contributed by atoms with E-state index in [2.05, 4.69) is 57.2 Å². The highest BCUT2D eigenvalue weighted by Gasteiger charge is 2.29. The van der Waals surface area contributed by atoms with E-state index in [0.29, 0.717) is 0 Å². The van der Waals surface area contributed by atoms with Gasteiger partial charge in [0.15, 0.2) is 0 Å². The summed E-state index contributed by atoms with van der Waals surface area (Å²) in [5.41, 5.74) is 4.45. The number of aromatic nitrogens is 1. The number of ether oxygens (including phenoxy) is 1. The molecule has 0 saturated carbocycles. The molecule has 0 saturated heterocycles. The molecule has 2 N–H and O–H groups in total. The van der Waals surface area contributed by atoms with Crippen LogP contribution in [0.3, 0.4) is 0 Å². The van der Waals surface area contributed by atoms with Gasteiger partial charge in [0.2, 0.25) is 0 Å². The molecule has 1 amide bonds. The number of H-pyrrole nitrogens is 1. The Labute approximate surface area is 163 Å². The lowest BCUT2D eigenvalue weighted by Crippen LogP contribution is -2.22. The number of rotatable bonds is 3. The van der Waals surface area contributed by atoms with Crippen LogP contribution in [0.4, 0.5) is 10.5 Å². The Morgan fingerprint density at radius 2 is 1.69 bits per heavy atom. The molecule has 4 rings (SSSR count). The Balaban J connectivity index is 1.52.